The summed E-state index contributed by atoms with van der Waals surface area (Å²) < 4.78 is 15.4. The van der Waals surface area contributed by atoms with E-state index >= 15 is 0 Å². The number of halogens is 1. The average Bonchev–Trinajstić information content (AvgIpc) is 3.29. The second-order valence-electron chi connectivity index (χ2n) is 6.99. The Kier molecular flexibility index (Phi) is 4.53. The highest BCUT2D eigenvalue weighted by molar-refractivity contribution is 5.83. The van der Waals surface area contributed by atoms with E-state index in [0.717, 1.165) is 43.6 Å². The van der Waals surface area contributed by atoms with Gasteiger partial charge in [0.1, 0.15) is 17.7 Å². The van der Waals surface area contributed by atoms with Crippen molar-refractivity contribution in [2.45, 2.75) is 50.2 Å². The van der Waals surface area contributed by atoms with Crippen LogP contribution in [0.15, 0.2) is 36.7 Å². The fraction of sp³-hybridized carbons (Fsp3) is 0.474. The Labute approximate surface area is 146 Å². The topological polar surface area (TPSA) is 59.0 Å². The lowest BCUT2D eigenvalue weighted by Crippen LogP contribution is -2.40. The van der Waals surface area contributed by atoms with Crippen LogP contribution in [0.5, 0.6) is 0 Å². The first-order valence-corrected chi connectivity index (χ1v) is 9.01. The minimum atomic E-state index is -0.466. The summed E-state index contributed by atoms with van der Waals surface area (Å²) in [6.45, 7) is 1.69. The van der Waals surface area contributed by atoms with Crippen LogP contribution in [0.4, 0.5) is 4.39 Å². The number of aromatic nitrogens is 2. The Morgan fingerprint density at radius 2 is 2.08 bits per heavy atom. The lowest BCUT2D eigenvalue weighted by Gasteiger charge is -2.26. The van der Waals surface area contributed by atoms with Crippen molar-refractivity contribution in [1.29, 1.82) is 0 Å². The van der Waals surface area contributed by atoms with Gasteiger partial charge in [-0.1, -0.05) is 12.1 Å². The number of hydrogen-bond acceptors (Lipinski definition) is 3. The fourth-order valence-electron chi connectivity index (χ4n) is 3.49. The van der Waals surface area contributed by atoms with Gasteiger partial charge < -0.3 is 15.2 Å². The molecule has 1 aliphatic carbocycles. The first-order valence-electron chi connectivity index (χ1n) is 9.01. The number of fused-ring (bicyclic) bond motifs is 1. The maximum Gasteiger partial charge on any atom is 0.241 e. The van der Waals surface area contributed by atoms with E-state index in [-0.39, 0.29) is 11.7 Å². The lowest BCUT2D eigenvalue weighted by molar-refractivity contribution is -0.123. The third kappa shape index (κ3) is 3.74. The van der Waals surface area contributed by atoms with Crippen LogP contribution in [0.25, 0.3) is 0 Å². The van der Waals surface area contributed by atoms with E-state index in [1.807, 2.05) is 12.4 Å². The molecular formula is C19H23FN4O. The first-order chi connectivity index (χ1) is 12.2. The van der Waals surface area contributed by atoms with Crippen molar-refractivity contribution in [3.8, 4) is 0 Å². The predicted molar refractivity (Wildman–Crippen MR) is 92.5 cm³/mol. The molecule has 1 aromatic heterocycles. The summed E-state index contributed by atoms with van der Waals surface area (Å²) in [6, 6.07) is 6.00. The zero-order chi connectivity index (χ0) is 17.2. The minimum Gasteiger partial charge on any atom is -0.352 e. The molecule has 6 heteroatoms. The molecule has 132 valence electrons. The summed E-state index contributed by atoms with van der Waals surface area (Å²) in [5.74, 6) is 1.05. The normalized spacial score (nSPS) is 20.8. The number of carbonyl (C=O) groups is 1. The van der Waals surface area contributed by atoms with Crippen molar-refractivity contribution in [1.82, 2.24) is 20.2 Å². The Morgan fingerprint density at radius 1 is 1.28 bits per heavy atom. The molecule has 1 saturated carbocycles. The molecule has 5 nitrogen and oxygen atoms in total. The number of aryl methyl sites for hydroxylation is 1. The van der Waals surface area contributed by atoms with Gasteiger partial charge in [0.2, 0.25) is 5.91 Å². The molecule has 2 N–H and O–H groups in total. The van der Waals surface area contributed by atoms with Crippen LogP contribution in [0.2, 0.25) is 0 Å². The van der Waals surface area contributed by atoms with Crippen molar-refractivity contribution < 1.29 is 9.18 Å². The molecular weight excluding hydrogens is 319 g/mol. The minimum absolute atomic E-state index is 0.0340. The van der Waals surface area contributed by atoms with E-state index in [9.17, 15) is 9.18 Å². The summed E-state index contributed by atoms with van der Waals surface area (Å²) in [7, 11) is 0. The van der Waals surface area contributed by atoms with Crippen LogP contribution in [0, 0.1) is 5.82 Å². The highest BCUT2D eigenvalue weighted by Crippen LogP contribution is 2.26. The number of nitrogens with one attached hydrogen (secondary N) is 2. The third-order valence-electron chi connectivity index (χ3n) is 5.02. The smallest absolute Gasteiger partial charge is 0.241 e. The molecule has 0 bridgehead atoms. The third-order valence-corrected chi connectivity index (χ3v) is 5.02. The van der Waals surface area contributed by atoms with E-state index in [1.54, 1.807) is 12.1 Å². The maximum absolute atomic E-state index is 13.2. The van der Waals surface area contributed by atoms with Gasteiger partial charge in [-0.15, -0.1) is 0 Å². The van der Waals surface area contributed by atoms with Crippen LogP contribution in [-0.2, 0) is 11.3 Å². The van der Waals surface area contributed by atoms with Gasteiger partial charge in [0.05, 0.1) is 0 Å². The van der Waals surface area contributed by atoms with Crippen molar-refractivity contribution in [3.05, 3.63) is 53.9 Å². The van der Waals surface area contributed by atoms with Crippen LogP contribution < -0.4 is 10.6 Å². The van der Waals surface area contributed by atoms with Gasteiger partial charge in [-0.25, -0.2) is 9.37 Å². The van der Waals surface area contributed by atoms with Crippen LogP contribution in [0.3, 0.4) is 0 Å². The summed E-state index contributed by atoms with van der Waals surface area (Å²) >= 11 is 0. The molecule has 0 radical (unpaired) electrons. The summed E-state index contributed by atoms with van der Waals surface area (Å²) in [4.78, 5) is 17.1. The fourth-order valence-corrected chi connectivity index (χ4v) is 3.49. The SMILES string of the molecule is O=C(NC1CC1)[C@@H](NC[C@@H]1CCCn2ccnc21)c1ccc(F)cc1. The molecule has 0 saturated heterocycles. The van der Waals surface area contributed by atoms with Crippen LogP contribution in [0.1, 0.15) is 49.0 Å². The van der Waals surface area contributed by atoms with E-state index < -0.39 is 6.04 Å². The molecule has 1 amide bonds. The van der Waals surface area contributed by atoms with Gasteiger partial charge in [0.25, 0.3) is 0 Å². The molecule has 1 fully saturated rings. The first kappa shape index (κ1) is 16.3. The van der Waals surface area contributed by atoms with E-state index in [1.165, 1.54) is 12.1 Å². The lowest BCUT2D eigenvalue weighted by atomic mass is 9.97. The number of carbonyl (C=O) groups excluding carboxylic acids is 1. The molecule has 1 aromatic carbocycles. The van der Waals surface area contributed by atoms with E-state index in [4.69, 9.17) is 0 Å². The van der Waals surface area contributed by atoms with E-state index in [2.05, 4.69) is 20.2 Å². The Balaban J connectivity index is 1.48. The van der Waals surface area contributed by atoms with Gasteiger partial charge in [-0.3, -0.25) is 4.79 Å². The Morgan fingerprint density at radius 3 is 2.84 bits per heavy atom. The largest absolute Gasteiger partial charge is 0.352 e. The molecule has 1 aliphatic heterocycles. The number of nitrogens with zero attached hydrogens (tertiary/aromatic N) is 2. The van der Waals surface area contributed by atoms with Crippen LogP contribution in [-0.4, -0.2) is 28.0 Å². The average molecular weight is 342 g/mol. The van der Waals surface area contributed by atoms with Gasteiger partial charge in [0.15, 0.2) is 0 Å². The highest BCUT2D eigenvalue weighted by Gasteiger charge is 2.29. The Bertz CT molecular complexity index is 738. The molecule has 4 rings (SSSR count). The zero-order valence-electron chi connectivity index (χ0n) is 14.1. The maximum atomic E-state index is 13.2. The molecule has 2 heterocycles. The number of imidazole rings is 1. The standard InChI is InChI=1S/C19H23FN4O/c20-15-5-3-13(4-6-15)17(19(25)23-16-7-8-16)22-12-14-2-1-10-24-11-9-21-18(14)24/h3-6,9,11,14,16-17,22H,1-2,7-8,10,12H2,(H,23,25)/t14-,17-/m0/s1. The van der Waals surface area contributed by atoms with Gasteiger partial charge in [-0.2, -0.15) is 0 Å². The number of amides is 1. The van der Waals surface area contributed by atoms with Crippen LogP contribution >= 0.6 is 0 Å². The van der Waals surface area contributed by atoms with Crippen molar-refractivity contribution in [3.63, 3.8) is 0 Å². The number of benzene rings is 1. The van der Waals surface area contributed by atoms with Crippen molar-refractivity contribution >= 4 is 5.91 Å². The molecule has 2 atom stereocenters. The second-order valence-corrected chi connectivity index (χ2v) is 6.99. The van der Waals surface area contributed by atoms with Gasteiger partial charge >= 0.3 is 0 Å². The quantitative estimate of drug-likeness (QED) is 0.848. The zero-order valence-corrected chi connectivity index (χ0v) is 14.1. The number of rotatable bonds is 6. The second kappa shape index (κ2) is 6.96. The monoisotopic (exact) mass is 342 g/mol. The molecule has 2 aliphatic rings. The highest BCUT2D eigenvalue weighted by atomic mass is 19.1. The molecule has 2 aromatic rings. The molecule has 0 spiro atoms. The van der Waals surface area contributed by atoms with Crippen molar-refractivity contribution in [2.24, 2.45) is 0 Å². The summed E-state index contributed by atoms with van der Waals surface area (Å²) in [5, 5.41) is 6.45. The van der Waals surface area contributed by atoms with Gasteiger partial charge in [-0.05, 0) is 43.4 Å². The Hall–Kier alpha value is -2.21. The molecule has 25 heavy (non-hydrogen) atoms. The molecule has 0 unspecified atom stereocenters. The number of hydrogen-bond donors (Lipinski definition) is 2. The van der Waals surface area contributed by atoms with E-state index in [0.29, 0.717) is 18.5 Å². The predicted octanol–water partition coefficient (Wildman–Crippen LogP) is 2.51. The summed E-state index contributed by atoms with van der Waals surface area (Å²) in [6.07, 6.45) is 8.11. The van der Waals surface area contributed by atoms with Gasteiger partial charge in [0, 0.05) is 37.4 Å². The van der Waals surface area contributed by atoms with Crippen molar-refractivity contribution in [2.75, 3.05) is 6.54 Å². The summed E-state index contributed by atoms with van der Waals surface area (Å²) in [5.41, 5.74) is 0.790.